The van der Waals surface area contributed by atoms with Crippen molar-refractivity contribution in [3.63, 3.8) is 0 Å². The van der Waals surface area contributed by atoms with Crippen LogP contribution in [0.2, 0.25) is 5.02 Å². The van der Waals surface area contributed by atoms with E-state index >= 15 is 0 Å². The second kappa shape index (κ2) is 5.41. The van der Waals surface area contributed by atoms with Gasteiger partial charge in [-0.05, 0) is 42.3 Å². The molecule has 0 saturated carbocycles. The second-order valence-electron chi connectivity index (χ2n) is 5.64. The van der Waals surface area contributed by atoms with Gasteiger partial charge >= 0.3 is 0 Å². The number of rotatable bonds is 2. The zero-order chi connectivity index (χ0) is 15.0. The number of halogens is 1. The zero-order valence-corrected chi connectivity index (χ0v) is 12.6. The summed E-state index contributed by atoms with van der Waals surface area (Å²) in [6, 6.07) is 7.47. The van der Waals surface area contributed by atoms with E-state index in [0.29, 0.717) is 18.1 Å². The van der Waals surface area contributed by atoms with Gasteiger partial charge < -0.3 is 9.47 Å². The van der Waals surface area contributed by atoms with Crippen molar-refractivity contribution in [2.75, 3.05) is 6.61 Å². The molecule has 0 bridgehead atoms. The number of hydrogen-bond donors (Lipinski definition) is 0. The molecule has 0 unspecified atom stereocenters. The van der Waals surface area contributed by atoms with Crippen molar-refractivity contribution in [1.82, 2.24) is 0 Å². The van der Waals surface area contributed by atoms with Crippen molar-refractivity contribution >= 4 is 23.0 Å². The van der Waals surface area contributed by atoms with Gasteiger partial charge in [-0.2, -0.15) is 0 Å². The summed E-state index contributed by atoms with van der Waals surface area (Å²) in [6.07, 6.45) is 3.21. The molecule has 3 rings (SSSR count). The van der Waals surface area contributed by atoms with Crippen molar-refractivity contribution in [1.29, 1.82) is 0 Å². The van der Waals surface area contributed by atoms with Gasteiger partial charge in [0.25, 0.3) is 0 Å². The third kappa shape index (κ3) is 2.82. The third-order valence-corrected chi connectivity index (χ3v) is 4.36. The van der Waals surface area contributed by atoms with E-state index in [9.17, 15) is 4.79 Å². The van der Waals surface area contributed by atoms with E-state index in [4.69, 9.17) is 21.1 Å². The predicted octanol–water partition coefficient (Wildman–Crippen LogP) is 3.42. The lowest BCUT2D eigenvalue weighted by Crippen LogP contribution is -2.53. The fourth-order valence-electron chi connectivity index (χ4n) is 2.67. The summed E-state index contributed by atoms with van der Waals surface area (Å²) in [5.74, 6) is 0.0684. The van der Waals surface area contributed by atoms with Crippen LogP contribution in [-0.2, 0) is 14.3 Å². The monoisotopic (exact) mass is 304 g/mol. The minimum absolute atomic E-state index is 0.0684. The molecule has 1 aliphatic heterocycles. The first-order chi connectivity index (χ1) is 9.98. The molecule has 110 valence electrons. The van der Waals surface area contributed by atoms with Crippen molar-refractivity contribution in [3.05, 3.63) is 53.6 Å². The molecule has 4 heteroatoms. The molecule has 0 radical (unpaired) electrons. The first-order valence-corrected chi connectivity index (χ1v) is 7.32. The summed E-state index contributed by atoms with van der Waals surface area (Å²) in [5, 5.41) is 0.683. The lowest BCUT2D eigenvalue weighted by atomic mass is 9.87. The molecule has 1 heterocycles. The van der Waals surface area contributed by atoms with Gasteiger partial charge in [0.15, 0.2) is 5.78 Å². The number of carbonyl (C=O) groups is 1. The average molecular weight is 305 g/mol. The first-order valence-electron chi connectivity index (χ1n) is 6.94. The molecular formula is C17H17ClO3. The maximum Gasteiger partial charge on any atom is 0.158 e. The molecule has 0 spiro atoms. The standard InChI is InChI=1S/C17H17ClO3/c1-11(12-3-5-13(18)6-4-12)15-10-20-17(2)8-7-14(19)9-16(17)21-15/h3-8,15-16H,1,9-10H2,2H3/t15-,16-,17+/m1/s1. The minimum atomic E-state index is -0.523. The van der Waals surface area contributed by atoms with E-state index in [-0.39, 0.29) is 18.0 Å². The number of ketones is 1. The number of benzene rings is 1. The molecule has 2 aliphatic rings. The Labute approximate surface area is 129 Å². The van der Waals surface area contributed by atoms with Crippen LogP contribution >= 0.6 is 11.6 Å². The Morgan fingerprint density at radius 1 is 1.38 bits per heavy atom. The van der Waals surface area contributed by atoms with Gasteiger partial charge in [0.2, 0.25) is 0 Å². The normalized spacial score (nSPS) is 31.8. The molecule has 0 aromatic heterocycles. The molecule has 3 nitrogen and oxygen atoms in total. The Hall–Kier alpha value is -1.42. The SMILES string of the molecule is C=C(c1ccc(Cl)cc1)[C@H]1CO[C@@]2(C)C=CC(=O)C[C@H]2O1. The molecular weight excluding hydrogens is 288 g/mol. The van der Waals surface area contributed by atoms with Gasteiger partial charge in [-0.1, -0.05) is 30.3 Å². The summed E-state index contributed by atoms with van der Waals surface area (Å²) in [4.78, 5) is 11.6. The first kappa shape index (κ1) is 14.5. The summed E-state index contributed by atoms with van der Waals surface area (Å²) >= 11 is 5.90. The van der Waals surface area contributed by atoms with Crippen molar-refractivity contribution in [3.8, 4) is 0 Å². The Kier molecular flexibility index (Phi) is 3.74. The van der Waals surface area contributed by atoms with Crippen molar-refractivity contribution in [2.24, 2.45) is 0 Å². The van der Waals surface area contributed by atoms with Crippen LogP contribution in [0.4, 0.5) is 0 Å². The van der Waals surface area contributed by atoms with E-state index < -0.39 is 5.60 Å². The number of ether oxygens (including phenoxy) is 2. The molecule has 1 fully saturated rings. The summed E-state index contributed by atoms with van der Waals surface area (Å²) in [6.45, 7) is 6.48. The lowest BCUT2D eigenvalue weighted by molar-refractivity contribution is -0.196. The Bertz CT molecular complexity index is 605. The van der Waals surface area contributed by atoms with Crippen molar-refractivity contribution < 1.29 is 14.3 Å². The molecule has 0 amide bonds. The highest BCUT2D eigenvalue weighted by molar-refractivity contribution is 6.30. The molecule has 1 aliphatic carbocycles. The van der Waals surface area contributed by atoms with Gasteiger partial charge in [-0.3, -0.25) is 4.79 Å². The summed E-state index contributed by atoms with van der Waals surface area (Å²) in [5.41, 5.74) is 1.29. The third-order valence-electron chi connectivity index (χ3n) is 4.10. The highest BCUT2D eigenvalue weighted by Crippen LogP contribution is 2.35. The number of carbonyl (C=O) groups excluding carboxylic acids is 1. The fraction of sp³-hybridized carbons (Fsp3) is 0.353. The predicted molar refractivity (Wildman–Crippen MR) is 82.3 cm³/mol. The van der Waals surface area contributed by atoms with E-state index in [2.05, 4.69) is 6.58 Å². The largest absolute Gasteiger partial charge is 0.365 e. The summed E-state index contributed by atoms with van der Waals surface area (Å²) in [7, 11) is 0. The van der Waals surface area contributed by atoms with Crippen LogP contribution in [0.15, 0.2) is 43.0 Å². The Morgan fingerprint density at radius 2 is 2.10 bits per heavy atom. The van der Waals surface area contributed by atoms with Crippen LogP contribution in [0, 0.1) is 0 Å². The highest BCUT2D eigenvalue weighted by atomic mass is 35.5. The van der Waals surface area contributed by atoms with Gasteiger partial charge in [0, 0.05) is 11.4 Å². The smallest absolute Gasteiger partial charge is 0.158 e. The van der Waals surface area contributed by atoms with E-state index in [0.717, 1.165) is 11.1 Å². The molecule has 21 heavy (non-hydrogen) atoms. The number of hydrogen-bond acceptors (Lipinski definition) is 3. The fourth-order valence-corrected chi connectivity index (χ4v) is 2.79. The van der Waals surface area contributed by atoms with Crippen LogP contribution in [0.25, 0.3) is 5.57 Å². The van der Waals surface area contributed by atoms with Crippen LogP contribution in [0.3, 0.4) is 0 Å². The number of allylic oxidation sites excluding steroid dienone is 1. The molecule has 0 N–H and O–H groups in total. The van der Waals surface area contributed by atoms with Gasteiger partial charge in [-0.25, -0.2) is 0 Å². The van der Waals surface area contributed by atoms with Gasteiger partial charge in [-0.15, -0.1) is 0 Å². The van der Waals surface area contributed by atoms with Gasteiger partial charge in [0.1, 0.15) is 11.7 Å². The van der Waals surface area contributed by atoms with Crippen LogP contribution < -0.4 is 0 Å². The quantitative estimate of drug-likeness (QED) is 0.840. The number of fused-ring (bicyclic) bond motifs is 1. The molecule has 1 aromatic rings. The Balaban J connectivity index is 1.77. The molecule has 1 aromatic carbocycles. The van der Waals surface area contributed by atoms with Crippen LogP contribution in [-0.4, -0.2) is 30.2 Å². The zero-order valence-electron chi connectivity index (χ0n) is 11.8. The second-order valence-corrected chi connectivity index (χ2v) is 6.08. The average Bonchev–Trinajstić information content (AvgIpc) is 2.47. The van der Waals surface area contributed by atoms with Crippen LogP contribution in [0.1, 0.15) is 18.9 Å². The van der Waals surface area contributed by atoms with E-state index in [1.807, 2.05) is 31.2 Å². The minimum Gasteiger partial charge on any atom is -0.365 e. The molecule has 1 saturated heterocycles. The van der Waals surface area contributed by atoms with Crippen LogP contribution in [0.5, 0.6) is 0 Å². The molecule has 3 atom stereocenters. The lowest BCUT2D eigenvalue weighted by Gasteiger charge is -2.44. The Morgan fingerprint density at radius 3 is 2.81 bits per heavy atom. The summed E-state index contributed by atoms with van der Waals surface area (Å²) < 4.78 is 12.0. The maximum atomic E-state index is 11.6. The highest BCUT2D eigenvalue weighted by Gasteiger charge is 2.44. The van der Waals surface area contributed by atoms with E-state index in [1.165, 1.54) is 0 Å². The van der Waals surface area contributed by atoms with Gasteiger partial charge in [0.05, 0.1) is 12.7 Å². The van der Waals surface area contributed by atoms with Crippen molar-refractivity contribution in [2.45, 2.75) is 31.2 Å². The van der Waals surface area contributed by atoms with E-state index in [1.54, 1.807) is 12.2 Å². The maximum absolute atomic E-state index is 11.6. The topological polar surface area (TPSA) is 35.5 Å².